The van der Waals surface area contributed by atoms with Gasteiger partial charge in [0.1, 0.15) is 0 Å². The van der Waals surface area contributed by atoms with Crippen molar-refractivity contribution in [3.8, 4) is 0 Å². The van der Waals surface area contributed by atoms with Crippen LogP contribution in [0, 0.1) is 6.92 Å². The van der Waals surface area contributed by atoms with Crippen molar-refractivity contribution in [1.29, 1.82) is 0 Å². The Bertz CT molecular complexity index is 549. The fraction of sp³-hybridized carbons (Fsp3) is 0.500. The second-order valence-corrected chi connectivity index (χ2v) is 6.62. The molecule has 4 N–H and O–H groups in total. The molecule has 0 aromatic heterocycles. The van der Waals surface area contributed by atoms with E-state index in [-0.39, 0.29) is 10.9 Å². The van der Waals surface area contributed by atoms with Gasteiger partial charge in [-0.05, 0) is 46.8 Å². The summed E-state index contributed by atoms with van der Waals surface area (Å²) >= 11 is 0. The second-order valence-electron chi connectivity index (χ2n) is 5.20. The van der Waals surface area contributed by atoms with Crippen LogP contribution in [0.3, 0.4) is 0 Å². The van der Waals surface area contributed by atoms with Crippen molar-refractivity contribution >= 4 is 16.1 Å². The number of rotatable bonds is 3. The van der Waals surface area contributed by atoms with E-state index in [1.54, 1.807) is 12.1 Å². The van der Waals surface area contributed by atoms with E-state index >= 15 is 0 Å². The van der Waals surface area contributed by atoms with E-state index < -0.39 is 10.1 Å². The fourth-order valence-electron chi connectivity index (χ4n) is 1.32. The minimum Gasteiger partial charge on any atom is -0.370 e. The van der Waals surface area contributed by atoms with Gasteiger partial charge in [-0.3, -0.25) is 9.55 Å². The molecule has 0 atom stereocenters. The van der Waals surface area contributed by atoms with E-state index in [0.29, 0.717) is 12.0 Å². The normalized spacial score (nSPS) is 12.1. The van der Waals surface area contributed by atoms with Crippen molar-refractivity contribution in [2.24, 2.45) is 10.7 Å². The first-order chi connectivity index (χ1) is 9.52. The van der Waals surface area contributed by atoms with Crippen molar-refractivity contribution in [2.45, 2.75) is 51.6 Å². The molecule has 0 fully saturated rings. The summed E-state index contributed by atoms with van der Waals surface area (Å²) in [5.74, 6) is 0.532. The van der Waals surface area contributed by atoms with Gasteiger partial charge in [0.15, 0.2) is 5.96 Å². The van der Waals surface area contributed by atoms with E-state index in [1.807, 2.05) is 34.6 Å². The van der Waals surface area contributed by atoms with Gasteiger partial charge >= 0.3 is 0 Å². The molecule has 6 nitrogen and oxygen atoms in total. The minimum atomic E-state index is -4.02. The average Bonchev–Trinajstić information content (AvgIpc) is 2.26. The highest BCUT2D eigenvalue weighted by Gasteiger charge is 2.06. The van der Waals surface area contributed by atoms with Crippen molar-refractivity contribution in [3.63, 3.8) is 0 Å². The zero-order chi connectivity index (χ0) is 16.6. The predicted octanol–water partition coefficient (Wildman–Crippen LogP) is 1.95. The molecule has 1 aromatic rings. The maximum Gasteiger partial charge on any atom is 0.294 e. The molecule has 0 saturated heterocycles. The van der Waals surface area contributed by atoms with Gasteiger partial charge in [-0.2, -0.15) is 8.42 Å². The molecule has 0 aliphatic carbocycles. The summed E-state index contributed by atoms with van der Waals surface area (Å²) in [6.45, 7) is 9.89. The molecule has 0 aliphatic heterocycles. The number of nitrogens with two attached hydrogens (primary N) is 1. The van der Waals surface area contributed by atoms with Gasteiger partial charge in [-0.15, -0.1) is 0 Å². The number of nitrogens with one attached hydrogen (secondary N) is 1. The Morgan fingerprint density at radius 3 is 2.00 bits per heavy atom. The lowest BCUT2D eigenvalue weighted by Gasteiger charge is -2.09. The number of aliphatic imine (C=N–C) groups is 1. The average molecular weight is 315 g/mol. The van der Waals surface area contributed by atoms with E-state index in [2.05, 4.69) is 10.3 Å². The van der Waals surface area contributed by atoms with E-state index in [1.165, 1.54) is 12.1 Å². The summed E-state index contributed by atoms with van der Waals surface area (Å²) in [6.07, 6.45) is 0. The standard InChI is InChI=1S/C7H17N3.C7H8O3S/c1-5(2)9-7(8)10-6(3)4;1-6-2-4-7(5-3-6)11(8,9)10/h5-6H,1-4H3,(H3,8,9,10);2-5H,1H3,(H,8,9,10). The highest BCUT2D eigenvalue weighted by molar-refractivity contribution is 7.85. The van der Waals surface area contributed by atoms with Crippen LogP contribution in [0.15, 0.2) is 34.2 Å². The Labute approximate surface area is 127 Å². The molecule has 0 unspecified atom stereocenters. The van der Waals surface area contributed by atoms with Crippen LogP contribution in [-0.2, 0) is 10.1 Å². The molecule has 0 spiro atoms. The summed E-state index contributed by atoms with van der Waals surface area (Å²) in [7, 11) is -4.02. The molecule has 1 aromatic carbocycles. The number of benzene rings is 1. The molecule has 1 rings (SSSR count). The van der Waals surface area contributed by atoms with Gasteiger partial charge < -0.3 is 11.1 Å². The van der Waals surface area contributed by atoms with E-state index in [0.717, 1.165) is 5.56 Å². The molecule has 0 bridgehead atoms. The van der Waals surface area contributed by atoms with E-state index in [9.17, 15) is 8.42 Å². The number of hydrogen-bond donors (Lipinski definition) is 3. The first-order valence-corrected chi connectivity index (χ1v) is 8.10. The Hall–Kier alpha value is -1.60. The SMILES string of the molecule is CC(C)N=C(N)NC(C)C.Cc1ccc(S(=O)(=O)O)cc1. The van der Waals surface area contributed by atoms with Crippen LogP contribution in [0.1, 0.15) is 33.3 Å². The third-order valence-corrected chi connectivity index (χ3v) is 3.02. The van der Waals surface area contributed by atoms with Crippen molar-refractivity contribution in [2.75, 3.05) is 0 Å². The number of guanidine groups is 1. The van der Waals surface area contributed by atoms with Gasteiger partial charge in [0.2, 0.25) is 0 Å². The molecule has 7 heteroatoms. The molecule has 0 amide bonds. The van der Waals surface area contributed by atoms with Crippen LogP contribution in [0.25, 0.3) is 0 Å². The van der Waals surface area contributed by atoms with Gasteiger partial charge in [0.25, 0.3) is 10.1 Å². The summed E-state index contributed by atoms with van der Waals surface area (Å²) in [6, 6.07) is 6.62. The smallest absolute Gasteiger partial charge is 0.294 e. The van der Waals surface area contributed by atoms with Gasteiger partial charge in [0.05, 0.1) is 4.90 Å². The van der Waals surface area contributed by atoms with Crippen LogP contribution in [0.5, 0.6) is 0 Å². The Morgan fingerprint density at radius 2 is 1.67 bits per heavy atom. The van der Waals surface area contributed by atoms with Crippen molar-refractivity contribution in [3.05, 3.63) is 29.8 Å². The molecule has 0 radical (unpaired) electrons. The fourth-order valence-corrected chi connectivity index (χ4v) is 1.80. The quantitative estimate of drug-likeness (QED) is 0.449. The first-order valence-electron chi connectivity index (χ1n) is 6.66. The molecule has 0 saturated carbocycles. The summed E-state index contributed by atoms with van der Waals surface area (Å²) < 4.78 is 29.6. The maximum absolute atomic E-state index is 10.5. The maximum atomic E-state index is 10.5. The monoisotopic (exact) mass is 315 g/mol. The lowest BCUT2D eigenvalue weighted by atomic mass is 10.2. The zero-order valence-electron chi connectivity index (χ0n) is 13.2. The minimum absolute atomic E-state index is 0.0666. The largest absolute Gasteiger partial charge is 0.370 e. The molecule has 0 aliphatic rings. The highest BCUT2D eigenvalue weighted by Crippen LogP contribution is 2.08. The van der Waals surface area contributed by atoms with Crippen LogP contribution >= 0.6 is 0 Å². The summed E-state index contributed by atoms with van der Waals surface area (Å²) in [4.78, 5) is 4.03. The lowest BCUT2D eigenvalue weighted by Crippen LogP contribution is -2.37. The van der Waals surface area contributed by atoms with Crippen LogP contribution in [0.2, 0.25) is 0 Å². The molecule has 120 valence electrons. The van der Waals surface area contributed by atoms with Crippen molar-refractivity contribution < 1.29 is 13.0 Å². The van der Waals surface area contributed by atoms with E-state index in [4.69, 9.17) is 10.3 Å². The second kappa shape index (κ2) is 8.63. The summed E-state index contributed by atoms with van der Waals surface area (Å²) in [5, 5.41) is 3.00. The number of nitrogens with zero attached hydrogens (tertiary/aromatic N) is 1. The number of aryl methyl sites for hydroxylation is 1. The predicted molar refractivity (Wildman–Crippen MR) is 86.0 cm³/mol. The zero-order valence-corrected chi connectivity index (χ0v) is 14.0. The van der Waals surface area contributed by atoms with Crippen LogP contribution < -0.4 is 11.1 Å². The Morgan fingerprint density at radius 1 is 1.19 bits per heavy atom. The lowest BCUT2D eigenvalue weighted by molar-refractivity contribution is 0.483. The van der Waals surface area contributed by atoms with Gasteiger partial charge in [0, 0.05) is 12.1 Å². The Kier molecular flexibility index (Phi) is 7.98. The van der Waals surface area contributed by atoms with Gasteiger partial charge in [-0.25, -0.2) is 0 Å². The summed E-state index contributed by atoms with van der Waals surface area (Å²) in [5.41, 5.74) is 6.47. The molecular weight excluding hydrogens is 290 g/mol. The molecule has 21 heavy (non-hydrogen) atoms. The van der Waals surface area contributed by atoms with Crippen LogP contribution in [-0.4, -0.2) is 31.0 Å². The first kappa shape index (κ1) is 19.4. The van der Waals surface area contributed by atoms with Crippen molar-refractivity contribution in [1.82, 2.24) is 5.32 Å². The molecule has 0 heterocycles. The number of hydrogen-bond acceptors (Lipinski definition) is 3. The topological polar surface area (TPSA) is 105 Å². The third kappa shape index (κ3) is 9.86. The Balaban J connectivity index is 0.000000384. The highest BCUT2D eigenvalue weighted by atomic mass is 32.2. The van der Waals surface area contributed by atoms with Gasteiger partial charge in [-0.1, -0.05) is 17.7 Å². The molecular formula is C14H25N3O3S. The third-order valence-electron chi connectivity index (χ3n) is 2.15. The van der Waals surface area contributed by atoms with Crippen LogP contribution in [0.4, 0.5) is 0 Å².